The normalized spacial score (nSPS) is 10.3. The van der Waals surface area contributed by atoms with Crippen LogP contribution in [0.1, 0.15) is 28.5 Å². The summed E-state index contributed by atoms with van der Waals surface area (Å²) in [6, 6.07) is 8.14. The van der Waals surface area contributed by atoms with Gasteiger partial charge in [0.25, 0.3) is 5.91 Å². The number of nitrogens with one attached hydrogen (secondary N) is 1. The molecule has 1 heterocycles. The smallest absolute Gasteiger partial charge is 0.276 e. The summed E-state index contributed by atoms with van der Waals surface area (Å²) in [5, 5.41) is 9.93. The summed E-state index contributed by atoms with van der Waals surface area (Å²) in [5.41, 5.74) is 2.66. The van der Waals surface area contributed by atoms with E-state index in [1.54, 1.807) is 4.90 Å². The number of carbonyl (C=O) groups is 1. The molecule has 1 aromatic heterocycles. The van der Waals surface area contributed by atoms with Gasteiger partial charge < -0.3 is 4.90 Å². The van der Waals surface area contributed by atoms with Gasteiger partial charge in [-0.15, -0.1) is 0 Å². The van der Waals surface area contributed by atoms with Gasteiger partial charge in [0.15, 0.2) is 5.69 Å². The molecule has 0 aliphatic rings. The van der Waals surface area contributed by atoms with Crippen molar-refractivity contribution < 1.29 is 4.79 Å². The number of carbonyl (C=O) groups excluding carboxylic acids is 1. The van der Waals surface area contributed by atoms with Crippen molar-refractivity contribution in [3.63, 3.8) is 0 Å². The Kier molecular flexibility index (Phi) is 3.72. The standard InChI is InChI=1S/C13H16N4O/c1-3-17(13(18)12-8-14-16-15-12)9-11-6-4-5-10(2)7-11/h4-8H,3,9H2,1-2H3,(H,14,15,16). The van der Waals surface area contributed by atoms with Crippen LogP contribution < -0.4 is 0 Å². The number of amides is 1. The largest absolute Gasteiger partial charge is 0.333 e. The molecule has 0 unspecified atom stereocenters. The van der Waals surface area contributed by atoms with Gasteiger partial charge in [0, 0.05) is 13.1 Å². The molecule has 0 fully saturated rings. The average molecular weight is 244 g/mol. The molecule has 18 heavy (non-hydrogen) atoms. The van der Waals surface area contributed by atoms with Crippen LogP contribution in [-0.4, -0.2) is 32.8 Å². The van der Waals surface area contributed by atoms with Crippen molar-refractivity contribution >= 4 is 5.91 Å². The van der Waals surface area contributed by atoms with Crippen LogP contribution in [0.5, 0.6) is 0 Å². The third kappa shape index (κ3) is 2.74. The van der Waals surface area contributed by atoms with Crippen LogP contribution in [0.3, 0.4) is 0 Å². The van der Waals surface area contributed by atoms with Gasteiger partial charge in [0.2, 0.25) is 0 Å². The number of hydrogen-bond donors (Lipinski definition) is 1. The summed E-state index contributed by atoms with van der Waals surface area (Å²) < 4.78 is 0. The van der Waals surface area contributed by atoms with Crippen LogP contribution in [-0.2, 0) is 6.54 Å². The van der Waals surface area contributed by atoms with Gasteiger partial charge in [-0.3, -0.25) is 4.79 Å². The Bertz CT molecular complexity index is 522. The second-order valence-corrected chi connectivity index (χ2v) is 4.16. The summed E-state index contributed by atoms with van der Waals surface area (Å²) in [7, 11) is 0. The lowest BCUT2D eigenvalue weighted by atomic mass is 10.1. The first kappa shape index (κ1) is 12.3. The molecule has 2 aromatic rings. The number of rotatable bonds is 4. The van der Waals surface area contributed by atoms with Crippen molar-refractivity contribution in [1.82, 2.24) is 20.3 Å². The lowest BCUT2D eigenvalue weighted by Gasteiger charge is -2.19. The lowest BCUT2D eigenvalue weighted by Crippen LogP contribution is -2.30. The van der Waals surface area contributed by atoms with E-state index < -0.39 is 0 Å². The van der Waals surface area contributed by atoms with Crippen LogP contribution in [0.15, 0.2) is 30.5 Å². The monoisotopic (exact) mass is 244 g/mol. The fourth-order valence-electron chi connectivity index (χ4n) is 1.82. The molecule has 0 aliphatic heterocycles. The van der Waals surface area contributed by atoms with Gasteiger partial charge in [-0.1, -0.05) is 29.8 Å². The Morgan fingerprint density at radius 2 is 2.28 bits per heavy atom. The molecule has 0 bridgehead atoms. The molecule has 5 heteroatoms. The molecule has 0 radical (unpaired) electrons. The van der Waals surface area contributed by atoms with Crippen LogP contribution >= 0.6 is 0 Å². The number of nitrogens with zero attached hydrogens (tertiary/aromatic N) is 3. The van der Waals surface area contributed by atoms with E-state index in [1.165, 1.54) is 11.8 Å². The molecule has 0 saturated carbocycles. The number of aromatic nitrogens is 3. The number of aryl methyl sites for hydroxylation is 1. The zero-order chi connectivity index (χ0) is 13.0. The maximum atomic E-state index is 12.1. The summed E-state index contributed by atoms with van der Waals surface area (Å²) >= 11 is 0. The van der Waals surface area contributed by atoms with Crippen molar-refractivity contribution in [1.29, 1.82) is 0 Å². The van der Waals surface area contributed by atoms with Gasteiger partial charge in [0.05, 0.1) is 6.20 Å². The lowest BCUT2D eigenvalue weighted by molar-refractivity contribution is 0.0746. The quantitative estimate of drug-likeness (QED) is 0.891. The zero-order valence-corrected chi connectivity index (χ0v) is 10.6. The molecular weight excluding hydrogens is 228 g/mol. The van der Waals surface area contributed by atoms with Crippen molar-refractivity contribution in [3.8, 4) is 0 Å². The van der Waals surface area contributed by atoms with Crippen LogP contribution in [0, 0.1) is 6.92 Å². The first-order valence-electron chi connectivity index (χ1n) is 5.91. The van der Waals surface area contributed by atoms with Crippen molar-refractivity contribution in [2.24, 2.45) is 0 Å². The predicted molar refractivity (Wildman–Crippen MR) is 68.0 cm³/mol. The first-order valence-corrected chi connectivity index (χ1v) is 5.91. The summed E-state index contributed by atoms with van der Waals surface area (Å²) in [6.07, 6.45) is 1.45. The minimum absolute atomic E-state index is 0.104. The molecular formula is C13H16N4O. The number of H-pyrrole nitrogens is 1. The second kappa shape index (κ2) is 5.44. The maximum absolute atomic E-state index is 12.1. The van der Waals surface area contributed by atoms with Crippen molar-refractivity contribution in [2.75, 3.05) is 6.54 Å². The Labute approximate surface area is 106 Å². The topological polar surface area (TPSA) is 61.9 Å². The Morgan fingerprint density at radius 3 is 2.89 bits per heavy atom. The zero-order valence-electron chi connectivity index (χ0n) is 10.6. The highest BCUT2D eigenvalue weighted by molar-refractivity contribution is 5.91. The molecule has 2 rings (SSSR count). The van der Waals surface area contributed by atoms with Gasteiger partial charge in [-0.2, -0.15) is 15.4 Å². The van der Waals surface area contributed by atoms with Gasteiger partial charge in [-0.25, -0.2) is 0 Å². The average Bonchev–Trinajstić information content (AvgIpc) is 2.89. The van der Waals surface area contributed by atoms with E-state index in [4.69, 9.17) is 0 Å². The highest BCUT2D eigenvalue weighted by atomic mass is 16.2. The van der Waals surface area contributed by atoms with E-state index in [2.05, 4.69) is 21.5 Å². The minimum Gasteiger partial charge on any atom is -0.333 e. The fraction of sp³-hybridized carbons (Fsp3) is 0.308. The molecule has 0 atom stereocenters. The molecule has 1 N–H and O–H groups in total. The van der Waals surface area contributed by atoms with E-state index in [-0.39, 0.29) is 5.91 Å². The van der Waals surface area contributed by atoms with Gasteiger partial charge in [0.1, 0.15) is 0 Å². The predicted octanol–water partition coefficient (Wildman–Crippen LogP) is 1.78. The second-order valence-electron chi connectivity index (χ2n) is 4.16. The highest BCUT2D eigenvalue weighted by Crippen LogP contribution is 2.09. The third-order valence-electron chi connectivity index (χ3n) is 2.76. The summed E-state index contributed by atoms with van der Waals surface area (Å²) in [4.78, 5) is 13.9. The molecule has 1 aromatic carbocycles. The van der Waals surface area contributed by atoms with E-state index in [0.29, 0.717) is 18.8 Å². The minimum atomic E-state index is -0.104. The SMILES string of the molecule is CCN(Cc1cccc(C)c1)C(=O)c1cn[nH]n1. The van der Waals surface area contributed by atoms with E-state index >= 15 is 0 Å². The first-order chi connectivity index (χ1) is 8.70. The van der Waals surface area contributed by atoms with E-state index in [1.807, 2.05) is 32.0 Å². The third-order valence-corrected chi connectivity index (χ3v) is 2.76. The van der Waals surface area contributed by atoms with Gasteiger partial charge >= 0.3 is 0 Å². The van der Waals surface area contributed by atoms with Crippen molar-refractivity contribution in [2.45, 2.75) is 20.4 Å². The molecule has 0 spiro atoms. The molecule has 94 valence electrons. The van der Waals surface area contributed by atoms with Gasteiger partial charge in [-0.05, 0) is 19.4 Å². The molecule has 5 nitrogen and oxygen atoms in total. The number of aromatic amines is 1. The van der Waals surface area contributed by atoms with Crippen LogP contribution in [0.25, 0.3) is 0 Å². The molecule has 1 amide bonds. The van der Waals surface area contributed by atoms with E-state index in [0.717, 1.165) is 5.56 Å². The Balaban J connectivity index is 2.12. The Morgan fingerprint density at radius 1 is 1.44 bits per heavy atom. The molecule has 0 saturated heterocycles. The van der Waals surface area contributed by atoms with Crippen molar-refractivity contribution in [3.05, 3.63) is 47.3 Å². The highest BCUT2D eigenvalue weighted by Gasteiger charge is 2.16. The fourth-order valence-corrected chi connectivity index (χ4v) is 1.82. The number of hydrogen-bond acceptors (Lipinski definition) is 3. The maximum Gasteiger partial charge on any atom is 0.276 e. The Hall–Kier alpha value is -2.17. The van der Waals surface area contributed by atoms with Crippen LogP contribution in [0.2, 0.25) is 0 Å². The molecule has 0 aliphatic carbocycles. The summed E-state index contributed by atoms with van der Waals surface area (Å²) in [5.74, 6) is -0.104. The summed E-state index contributed by atoms with van der Waals surface area (Å²) in [6.45, 7) is 5.22. The van der Waals surface area contributed by atoms with Crippen LogP contribution in [0.4, 0.5) is 0 Å². The van der Waals surface area contributed by atoms with E-state index in [9.17, 15) is 4.79 Å². The number of benzene rings is 1.